The zero-order valence-electron chi connectivity index (χ0n) is 16.1. The van der Waals surface area contributed by atoms with Crippen LogP contribution in [-0.4, -0.2) is 70.6 Å². The smallest absolute Gasteiger partial charge is 0.322 e. The Balaban J connectivity index is 5.20. The number of carbonyl (C=O) groups excluding carboxylic acids is 4. The highest BCUT2D eigenvalue weighted by Gasteiger charge is 2.31. The monoisotopic (exact) mass is 403 g/mol. The number of aliphatic carboxylic acids is 1. The number of aliphatic hydroxyl groups is 1. The maximum Gasteiger partial charge on any atom is 0.322 e. The van der Waals surface area contributed by atoms with Crippen molar-refractivity contribution in [3.8, 4) is 0 Å². The summed E-state index contributed by atoms with van der Waals surface area (Å²) in [5.41, 5.74) is 10.8. The molecule has 0 aliphatic heterocycles. The molecule has 0 fully saturated rings. The van der Waals surface area contributed by atoms with Crippen LogP contribution in [0.25, 0.3) is 0 Å². The van der Waals surface area contributed by atoms with Crippen molar-refractivity contribution in [1.29, 1.82) is 0 Å². The maximum atomic E-state index is 12.4. The van der Waals surface area contributed by atoms with Gasteiger partial charge in [0.15, 0.2) is 0 Å². The molecule has 4 atom stereocenters. The molecule has 0 rings (SSSR count). The number of rotatable bonds is 12. The number of hydrogen-bond donors (Lipinski definition) is 7. The molecule has 0 radical (unpaired) electrons. The Labute approximate surface area is 162 Å². The first-order valence-corrected chi connectivity index (χ1v) is 8.67. The molecule has 0 spiro atoms. The average Bonchev–Trinajstić information content (AvgIpc) is 2.55. The van der Waals surface area contributed by atoms with Crippen molar-refractivity contribution in [1.82, 2.24) is 16.0 Å². The standard InChI is InChI=1S/C16H29N5O7/c1-7(2)4-9(17)14(26)20-10(5-11(18)23)15(27)21-13(8(3)22)16(28)19-6-12(24)25/h7-10,13,22H,4-6,17H2,1-3H3,(H2,18,23)(H,19,28)(H,20,26)(H,21,27)(H,24,25). The maximum absolute atomic E-state index is 12.4. The predicted molar refractivity (Wildman–Crippen MR) is 97.4 cm³/mol. The molecule has 0 saturated heterocycles. The quantitative estimate of drug-likeness (QED) is 0.175. The van der Waals surface area contributed by atoms with E-state index in [1.54, 1.807) is 0 Å². The van der Waals surface area contributed by atoms with Crippen molar-refractivity contribution in [3.05, 3.63) is 0 Å². The van der Waals surface area contributed by atoms with Gasteiger partial charge in [-0.15, -0.1) is 0 Å². The van der Waals surface area contributed by atoms with E-state index in [4.69, 9.17) is 16.6 Å². The van der Waals surface area contributed by atoms with Gasteiger partial charge in [0.25, 0.3) is 0 Å². The molecule has 4 amide bonds. The fraction of sp³-hybridized carbons (Fsp3) is 0.688. The molecule has 0 heterocycles. The highest BCUT2D eigenvalue weighted by atomic mass is 16.4. The molecule has 0 aliphatic rings. The van der Waals surface area contributed by atoms with E-state index in [1.807, 2.05) is 19.2 Å². The summed E-state index contributed by atoms with van der Waals surface area (Å²) in [5.74, 6) is -4.68. The number of nitrogens with two attached hydrogens (primary N) is 2. The minimum Gasteiger partial charge on any atom is -0.480 e. The van der Waals surface area contributed by atoms with Crippen molar-refractivity contribution >= 4 is 29.6 Å². The summed E-state index contributed by atoms with van der Waals surface area (Å²) in [5, 5.41) is 24.8. The number of amides is 4. The zero-order valence-corrected chi connectivity index (χ0v) is 16.1. The lowest BCUT2D eigenvalue weighted by Gasteiger charge is -2.25. The van der Waals surface area contributed by atoms with E-state index in [9.17, 15) is 29.1 Å². The van der Waals surface area contributed by atoms with Gasteiger partial charge < -0.3 is 37.6 Å². The third kappa shape index (κ3) is 9.83. The van der Waals surface area contributed by atoms with Gasteiger partial charge in [0.05, 0.1) is 18.6 Å². The number of carboxylic acids is 1. The van der Waals surface area contributed by atoms with Gasteiger partial charge in [-0.3, -0.25) is 24.0 Å². The minimum atomic E-state index is -1.51. The Bertz CT molecular complexity index is 594. The van der Waals surface area contributed by atoms with Crippen LogP contribution >= 0.6 is 0 Å². The Morgan fingerprint density at radius 2 is 1.54 bits per heavy atom. The van der Waals surface area contributed by atoms with Crippen LogP contribution in [0.15, 0.2) is 0 Å². The van der Waals surface area contributed by atoms with Crippen LogP contribution in [0, 0.1) is 5.92 Å². The summed E-state index contributed by atoms with van der Waals surface area (Å²) >= 11 is 0. The lowest BCUT2D eigenvalue weighted by atomic mass is 10.0. The fourth-order valence-corrected chi connectivity index (χ4v) is 2.24. The van der Waals surface area contributed by atoms with Gasteiger partial charge in [-0.05, 0) is 19.3 Å². The topological polar surface area (TPSA) is 214 Å². The number of carbonyl (C=O) groups is 5. The summed E-state index contributed by atoms with van der Waals surface area (Å²) in [7, 11) is 0. The third-order valence-electron chi connectivity index (χ3n) is 3.58. The molecule has 4 unspecified atom stereocenters. The molecule has 160 valence electrons. The lowest BCUT2D eigenvalue weighted by Crippen LogP contribution is -2.59. The number of primary amides is 1. The van der Waals surface area contributed by atoms with Gasteiger partial charge in [-0.1, -0.05) is 13.8 Å². The summed E-state index contributed by atoms with van der Waals surface area (Å²) in [6.45, 7) is 4.18. The summed E-state index contributed by atoms with van der Waals surface area (Å²) in [4.78, 5) is 58.3. The SMILES string of the molecule is CC(C)CC(N)C(=O)NC(CC(N)=O)C(=O)NC(C(=O)NCC(=O)O)C(C)O. The van der Waals surface area contributed by atoms with Crippen LogP contribution < -0.4 is 27.4 Å². The van der Waals surface area contributed by atoms with Crippen LogP contribution in [0.2, 0.25) is 0 Å². The van der Waals surface area contributed by atoms with Gasteiger partial charge in [0, 0.05) is 0 Å². The van der Waals surface area contributed by atoms with Crippen molar-refractivity contribution in [2.24, 2.45) is 17.4 Å². The Morgan fingerprint density at radius 1 is 0.964 bits per heavy atom. The molecule has 0 aromatic rings. The average molecular weight is 403 g/mol. The van der Waals surface area contributed by atoms with Crippen LogP contribution in [0.1, 0.15) is 33.6 Å². The molecule has 0 aliphatic carbocycles. The Morgan fingerprint density at radius 3 is 1.96 bits per heavy atom. The van der Waals surface area contributed by atoms with E-state index in [-0.39, 0.29) is 5.92 Å². The number of aliphatic hydroxyl groups excluding tert-OH is 1. The minimum absolute atomic E-state index is 0.113. The van der Waals surface area contributed by atoms with E-state index in [0.717, 1.165) is 0 Å². The lowest BCUT2D eigenvalue weighted by molar-refractivity contribution is -0.139. The zero-order chi connectivity index (χ0) is 22.0. The van der Waals surface area contributed by atoms with Crippen LogP contribution in [0.3, 0.4) is 0 Å². The largest absolute Gasteiger partial charge is 0.480 e. The van der Waals surface area contributed by atoms with Gasteiger partial charge in [0.2, 0.25) is 23.6 Å². The van der Waals surface area contributed by atoms with Crippen molar-refractivity contribution in [2.75, 3.05) is 6.54 Å². The van der Waals surface area contributed by atoms with Crippen LogP contribution in [-0.2, 0) is 24.0 Å². The molecule has 12 heteroatoms. The summed E-state index contributed by atoms with van der Waals surface area (Å²) in [6, 6.07) is -3.85. The van der Waals surface area contributed by atoms with Gasteiger partial charge in [-0.2, -0.15) is 0 Å². The third-order valence-corrected chi connectivity index (χ3v) is 3.58. The number of hydrogen-bond acceptors (Lipinski definition) is 7. The highest BCUT2D eigenvalue weighted by Crippen LogP contribution is 2.04. The second-order valence-electron chi connectivity index (χ2n) is 6.81. The molecule has 0 bridgehead atoms. The highest BCUT2D eigenvalue weighted by molar-refractivity contribution is 5.96. The first-order valence-electron chi connectivity index (χ1n) is 8.67. The van der Waals surface area contributed by atoms with E-state index in [0.29, 0.717) is 6.42 Å². The Hall–Kier alpha value is -2.73. The second-order valence-corrected chi connectivity index (χ2v) is 6.81. The van der Waals surface area contributed by atoms with E-state index >= 15 is 0 Å². The molecular weight excluding hydrogens is 374 g/mol. The normalized spacial score (nSPS) is 15.1. The molecule has 28 heavy (non-hydrogen) atoms. The first-order chi connectivity index (χ1) is 12.8. The number of carboxylic acid groups (broad SMARTS) is 1. The number of nitrogens with one attached hydrogen (secondary N) is 3. The van der Waals surface area contributed by atoms with E-state index in [2.05, 4.69) is 10.6 Å². The molecule has 0 aromatic heterocycles. The van der Waals surface area contributed by atoms with Gasteiger partial charge >= 0.3 is 5.97 Å². The van der Waals surface area contributed by atoms with Gasteiger partial charge in [0.1, 0.15) is 18.6 Å². The molecule has 0 aromatic carbocycles. The predicted octanol–water partition coefficient (Wildman–Crippen LogP) is -3.21. The van der Waals surface area contributed by atoms with Crippen molar-refractivity contribution in [2.45, 2.75) is 57.8 Å². The molecule has 12 nitrogen and oxygen atoms in total. The summed E-state index contributed by atoms with van der Waals surface area (Å²) in [6.07, 6.45) is -1.61. The van der Waals surface area contributed by atoms with E-state index in [1.165, 1.54) is 6.92 Å². The first kappa shape index (κ1) is 25.3. The van der Waals surface area contributed by atoms with Crippen LogP contribution in [0.5, 0.6) is 0 Å². The second kappa shape index (κ2) is 11.9. The van der Waals surface area contributed by atoms with Gasteiger partial charge in [-0.25, -0.2) is 0 Å². The molecule has 9 N–H and O–H groups in total. The molecule has 0 saturated carbocycles. The van der Waals surface area contributed by atoms with Crippen LogP contribution in [0.4, 0.5) is 0 Å². The van der Waals surface area contributed by atoms with E-state index < -0.39 is 66.8 Å². The van der Waals surface area contributed by atoms with Crippen molar-refractivity contribution in [3.63, 3.8) is 0 Å². The van der Waals surface area contributed by atoms with Crippen molar-refractivity contribution < 1.29 is 34.2 Å². The summed E-state index contributed by atoms with van der Waals surface area (Å²) < 4.78 is 0. The molecular formula is C16H29N5O7. The Kier molecular flexibility index (Phi) is 10.7. The fourth-order valence-electron chi connectivity index (χ4n) is 2.24.